The highest BCUT2D eigenvalue weighted by molar-refractivity contribution is 5.39. The van der Waals surface area contributed by atoms with Gasteiger partial charge in [0.25, 0.3) is 5.95 Å². The Bertz CT molecular complexity index is 678. The number of hydrogen-bond donors (Lipinski definition) is 2. The van der Waals surface area contributed by atoms with E-state index in [-0.39, 0.29) is 25.5 Å². The van der Waals surface area contributed by atoms with Gasteiger partial charge in [-0.3, -0.25) is 0 Å². The van der Waals surface area contributed by atoms with Crippen LogP contribution in [0.25, 0.3) is 5.95 Å². The van der Waals surface area contributed by atoms with Crippen LogP contribution in [0.5, 0.6) is 0 Å². The molecule has 124 valence electrons. The summed E-state index contributed by atoms with van der Waals surface area (Å²) in [5, 5.41) is 16.8. The third kappa shape index (κ3) is 3.82. The van der Waals surface area contributed by atoms with Crippen LogP contribution in [0.15, 0.2) is 18.3 Å². The number of alkyl halides is 2. The minimum atomic E-state index is -2.56. The maximum Gasteiger partial charge on any atom is 0.252 e. The molecule has 2 aromatic heterocycles. The van der Waals surface area contributed by atoms with E-state index in [0.717, 1.165) is 5.69 Å². The molecule has 1 aliphatic carbocycles. The van der Waals surface area contributed by atoms with Crippen molar-refractivity contribution in [3.8, 4) is 5.95 Å². The lowest BCUT2D eigenvalue weighted by Gasteiger charge is -2.29. The highest BCUT2D eigenvalue weighted by Crippen LogP contribution is 2.34. The molecule has 1 saturated carbocycles. The number of aliphatic hydroxyl groups excluding tert-OH is 1. The van der Waals surface area contributed by atoms with E-state index in [1.54, 1.807) is 12.3 Å². The van der Waals surface area contributed by atoms with Crippen LogP contribution in [0.2, 0.25) is 0 Å². The zero-order chi connectivity index (χ0) is 16.4. The van der Waals surface area contributed by atoms with Crippen molar-refractivity contribution in [1.29, 1.82) is 0 Å². The van der Waals surface area contributed by atoms with Crippen molar-refractivity contribution in [1.82, 2.24) is 19.7 Å². The largest absolute Gasteiger partial charge is 0.390 e. The lowest BCUT2D eigenvalue weighted by Crippen LogP contribution is -2.32. The first kappa shape index (κ1) is 15.8. The molecular weight excluding hydrogens is 304 g/mol. The second-order valence-corrected chi connectivity index (χ2v) is 5.88. The molecule has 23 heavy (non-hydrogen) atoms. The van der Waals surface area contributed by atoms with Crippen molar-refractivity contribution in [3.63, 3.8) is 0 Å². The highest BCUT2D eigenvalue weighted by Gasteiger charge is 2.34. The lowest BCUT2D eigenvalue weighted by molar-refractivity contribution is -0.0361. The molecule has 8 heteroatoms. The van der Waals surface area contributed by atoms with Gasteiger partial charge in [0.15, 0.2) is 0 Å². The van der Waals surface area contributed by atoms with Gasteiger partial charge in [0, 0.05) is 31.1 Å². The molecule has 0 aromatic carbocycles. The Morgan fingerprint density at radius 2 is 2.09 bits per heavy atom. The van der Waals surface area contributed by atoms with Crippen LogP contribution < -0.4 is 5.32 Å². The van der Waals surface area contributed by atoms with E-state index in [0.29, 0.717) is 30.3 Å². The molecule has 0 unspecified atom stereocenters. The summed E-state index contributed by atoms with van der Waals surface area (Å²) in [5.74, 6) is -1.70. The lowest BCUT2D eigenvalue weighted by atomic mass is 9.92. The second-order valence-electron chi connectivity index (χ2n) is 5.88. The summed E-state index contributed by atoms with van der Waals surface area (Å²) < 4.78 is 28.0. The SMILES string of the molecule is Cc1ccn(-c2nc(CO)cc(NC3CCC(F)(F)CC3)n2)n1. The van der Waals surface area contributed by atoms with Gasteiger partial charge in [-0.25, -0.2) is 18.4 Å². The number of aromatic nitrogens is 4. The molecule has 6 nitrogen and oxygen atoms in total. The standard InChI is InChI=1S/C15H19F2N5O/c1-10-4-7-22(21-10)14-19-12(9-23)8-13(20-14)18-11-2-5-15(16,17)6-3-11/h4,7-8,11,23H,2-3,5-6,9H2,1H3,(H,18,19,20). The molecule has 0 radical (unpaired) electrons. The van der Waals surface area contributed by atoms with Crippen molar-refractivity contribution >= 4 is 5.82 Å². The van der Waals surface area contributed by atoms with Gasteiger partial charge < -0.3 is 10.4 Å². The summed E-state index contributed by atoms with van der Waals surface area (Å²) >= 11 is 0. The topological polar surface area (TPSA) is 75.9 Å². The quantitative estimate of drug-likeness (QED) is 0.904. The van der Waals surface area contributed by atoms with Gasteiger partial charge in [-0.1, -0.05) is 0 Å². The molecule has 0 amide bonds. The Kier molecular flexibility index (Phi) is 4.25. The van der Waals surface area contributed by atoms with Gasteiger partial charge in [-0.15, -0.1) is 0 Å². The number of nitrogens with zero attached hydrogens (tertiary/aromatic N) is 4. The Hall–Kier alpha value is -2.09. The summed E-state index contributed by atoms with van der Waals surface area (Å²) in [6, 6.07) is 3.40. The summed E-state index contributed by atoms with van der Waals surface area (Å²) in [7, 11) is 0. The molecule has 0 saturated heterocycles. The molecule has 0 bridgehead atoms. The van der Waals surface area contributed by atoms with Crippen LogP contribution in [-0.4, -0.2) is 36.8 Å². The van der Waals surface area contributed by atoms with Crippen molar-refractivity contribution in [2.75, 3.05) is 5.32 Å². The van der Waals surface area contributed by atoms with Crippen LogP contribution in [0.4, 0.5) is 14.6 Å². The molecule has 0 aliphatic heterocycles. The van der Waals surface area contributed by atoms with Gasteiger partial charge in [-0.2, -0.15) is 10.1 Å². The number of aliphatic hydroxyl groups is 1. The molecule has 1 fully saturated rings. The minimum absolute atomic E-state index is 0.0525. The van der Waals surface area contributed by atoms with Gasteiger partial charge in [-0.05, 0) is 25.8 Å². The number of rotatable bonds is 4. The van der Waals surface area contributed by atoms with Crippen LogP contribution in [0.3, 0.4) is 0 Å². The average molecular weight is 323 g/mol. The van der Waals surface area contributed by atoms with E-state index in [1.165, 1.54) is 4.68 Å². The van der Waals surface area contributed by atoms with Crippen molar-refractivity contribution in [2.24, 2.45) is 0 Å². The first-order valence-corrected chi connectivity index (χ1v) is 7.61. The van der Waals surface area contributed by atoms with E-state index in [4.69, 9.17) is 0 Å². The van der Waals surface area contributed by atoms with Crippen molar-refractivity contribution in [3.05, 3.63) is 29.7 Å². The first-order chi connectivity index (χ1) is 10.9. The van der Waals surface area contributed by atoms with Gasteiger partial charge in [0.2, 0.25) is 5.92 Å². The van der Waals surface area contributed by atoms with E-state index in [9.17, 15) is 13.9 Å². The van der Waals surface area contributed by atoms with Gasteiger partial charge in [0.1, 0.15) is 5.82 Å². The predicted molar refractivity (Wildman–Crippen MR) is 80.6 cm³/mol. The summed E-state index contributed by atoms with van der Waals surface area (Å²) in [5.41, 5.74) is 1.28. The number of hydrogen-bond acceptors (Lipinski definition) is 5. The molecule has 2 N–H and O–H groups in total. The van der Waals surface area contributed by atoms with Crippen LogP contribution in [0.1, 0.15) is 37.1 Å². The number of anilines is 1. The fourth-order valence-corrected chi connectivity index (χ4v) is 2.66. The van der Waals surface area contributed by atoms with E-state index < -0.39 is 5.92 Å². The number of nitrogens with one attached hydrogen (secondary N) is 1. The first-order valence-electron chi connectivity index (χ1n) is 7.61. The highest BCUT2D eigenvalue weighted by atomic mass is 19.3. The number of halogens is 2. The second kappa shape index (κ2) is 6.19. The van der Waals surface area contributed by atoms with Crippen LogP contribution in [0, 0.1) is 6.92 Å². The van der Waals surface area contributed by atoms with Crippen LogP contribution in [-0.2, 0) is 6.61 Å². The average Bonchev–Trinajstić information content (AvgIpc) is 2.96. The maximum atomic E-state index is 13.2. The summed E-state index contributed by atoms with van der Waals surface area (Å²) in [6.45, 7) is 1.63. The smallest absolute Gasteiger partial charge is 0.252 e. The zero-order valence-corrected chi connectivity index (χ0v) is 12.8. The molecule has 3 rings (SSSR count). The molecule has 0 spiro atoms. The Balaban J connectivity index is 1.79. The fourth-order valence-electron chi connectivity index (χ4n) is 2.66. The Morgan fingerprint density at radius 1 is 1.35 bits per heavy atom. The molecule has 1 aliphatic rings. The van der Waals surface area contributed by atoms with Gasteiger partial charge in [0.05, 0.1) is 18.0 Å². The van der Waals surface area contributed by atoms with E-state index >= 15 is 0 Å². The predicted octanol–water partition coefficient (Wildman–Crippen LogP) is 2.45. The third-order valence-electron chi connectivity index (χ3n) is 3.93. The molecule has 2 aromatic rings. The Labute approximate surface area is 132 Å². The molecule has 0 atom stereocenters. The summed E-state index contributed by atoms with van der Waals surface area (Å²) in [6.07, 6.45) is 2.28. The van der Waals surface area contributed by atoms with Crippen LogP contribution >= 0.6 is 0 Å². The normalized spacial score (nSPS) is 18.1. The molecular formula is C15H19F2N5O. The van der Waals surface area contributed by atoms with Crippen molar-refractivity contribution < 1.29 is 13.9 Å². The summed E-state index contributed by atoms with van der Waals surface area (Å²) in [4.78, 5) is 8.61. The monoisotopic (exact) mass is 323 g/mol. The molecule has 2 heterocycles. The van der Waals surface area contributed by atoms with E-state index in [2.05, 4.69) is 20.4 Å². The Morgan fingerprint density at radius 3 is 2.70 bits per heavy atom. The third-order valence-corrected chi connectivity index (χ3v) is 3.93. The maximum absolute atomic E-state index is 13.2. The van der Waals surface area contributed by atoms with Crippen molar-refractivity contribution in [2.45, 2.75) is 51.2 Å². The number of aryl methyl sites for hydroxylation is 1. The van der Waals surface area contributed by atoms with Gasteiger partial charge >= 0.3 is 0 Å². The van der Waals surface area contributed by atoms with E-state index in [1.807, 2.05) is 13.0 Å². The fraction of sp³-hybridized carbons (Fsp3) is 0.533. The zero-order valence-electron chi connectivity index (χ0n) is 12.8. The minimum Gasteiger partial charge on any atom is -0.390 e.